The number of nitrogens with one attached hydrogen (secondary N) is 2. The van der Waals surface area contributed by atoms with Crippen molar-refractivity contribution in [3.05, 3.63) is 71.5 Å². The van der Waals surface area contributed by atoms with Crippen molar-refractivity contribution in [3.8, 4) is 5.75 Å². The van der Waals surface area contributed by atoms with Crippen molar-refractivity contribution in [2.75, 3.05) is 73.6 Å². The quantitative estimate of drug-likeness (QED) is 0.221. The van der Waals surface area contributed by atoms with Gasteiger partial charge in [-0.3, -0.25) is 19.4 Å². The van der Waals surface area contributed by atoms with Crippen LogP contribution in [0.2, 0.25) is 5.02 Å². The van der Waals surface area contributed by atoms with Gasteiger partial charge in [-0.05, 0) is 55.5 Å². The first kappa shape index (κ1) is 35.3. The Morgan fingerprint density at radius 1 is 0.961 bits per heavy atom. The van der Waals surface area contributed by atoms with Gasteiger partial charge < -0.3 is 20.3 Å². The van der Waals surface area contributed by atoms with E-state index in [1.807, 2.05) is 12.1 Å². The lowest BCUT2D eigenvalue weighted by Crippen LogP contribution is -2.53. The van der Waals surface area contributed by atoms with E-state index in [9.17, 15) is 18.0 Å². The third-order valence-corrected chi connectivity index (χ3v) is 10.6. The molecule has 4 aliphatic rings. The van der Waals surface area contributed by atoms with Gasteiger partial charge in [0.25, 0.3) is 0 Å². The Labute approximate surface area is 300 Å². The van der Waals surface area contributed by atoms with Crippen molar-refractivity contribution in [2.45, 2.75) is 56.4 Å². The molecule has 11 nitrogen and oxygen atoms in total. The van der Waals surface area contributed by atoms with Crippen LogP contribution in [0.5, 0.6) is 5.75 Å². The van der Waals surface area contributed by atoms with Crippen LogP contribution in [0, 0.1) is 0 Å². The van der Waals surface area contributed by atoms with Gasteiger partial charge >= 0.3 is 6.18 Å². The monoisotopic (exact) mass is 726 g/mol. The summed E-state index contributed by atoms with van der Waals surface area (Å²) < 4.78 is 46.7. The number of hydrogen-bond acceptors (Lipinski definition) is 10. The fourth-order valence-electron chi connectivity index (χ4n) is 7.40. The first-order valence-electron chi connectivity index (χ1n) is 17.4. The van der Waals surface area contributed by atoms with Gasteiger partial charge in [0.05, 0.1) is 47.4 Å². The molecule has 2 N–H and O–H groups in total. The number of methoxy groups -OCH3 is 1. The van der Waals surface area contributed by atoms with Crippen LogP contribution in [-0.2, 0) is 15.8 Å². The summed E-state index contributed by atoms with van der Waals surface area (Å²) in [7, 11) is 1.58. The fraction of sp³-hybridized carbons (Fsp3) is 0.472. The van der Waals surface area contributed by atoms with Crippen molar-refractivity contribution in [2.24, 2.45) is 0 Å². The number of piperidine rings is 1. The molecule has 1 atom stereocenters. The molecule has 1 aromatic heterocycles. The van der Waals surface area contributed by atoms with Crippen molar-refractivity contribution in [1.29, 1.82) is 0 Å². The van der Waals surface area contributed by atoms with E-state index in [1.54, 1.807) is 19.2 Å². The van der Waals surface area contributed by atoms with Crippen molar-refractivity contribution < 1.29 is 27.5 Å². The number of carbonyl (C=O) groups excluding carboxylic acids is 1. The number of ether oxygens (including phenoxy) is 1. The highest BCUT2D eigenvalue weighted by Gasteiger charge is 2.37. The Bertz CT molecular complexity index is 1740. The molecule has 3 aliphatic heterocycles. The lowest BCUT2D eigenvalue weighted by Gasteiger charge is -2.43. The van der Waals surface area contributed by atoms with Gasteiger partial charge in [-0.25, -0.2) is 15.0 Å². The van der Waals surface area contributed by atoms with Crippen molar-refractivity contribution in [1.82, 2.24) is 19.8 Å². The molecule has 0 spiro atoms. The first-order valence-corrected chi connectivity index (χ1v) is 17.8. The number of alkyl halides is 3. The molecule has 1 amide bonds. The van der Waals surface area contributed by atoms with E-state index in [0.29, 0.717) is 46.8 Å². The van der Waals surface area contributed by atoms with E-state index < -0.39 is 17.8 Å². The molecule has 3 aromatic rings. The standard InChI is InChI=1S/C36H42ClF3N8O3/c1-3-35(49)44-28-19-29(32(50-2)20-31(28)47-11-8-25(9-12-47)46-15-13-45(14-16-46)24-5-6-24)43-33-21-34(42-22-41-33)48-30(10-17-51-48)23-4-7-27(37)26(18-23)36(38,39)40/h3-4,7,18-22,24-25,30H,1,5-6,8-17H2,2H3,(H,44,49)(H,41,42,43)/t30-/m1/s1. The van der Waals surface area contributed by atoms with Gasteiger partial charge in [0.15, 0.2) is 5.82 Å². The number of amides is 1. The predicted octanol–water partition coefficient (Wildman–Crippen LogP) is 6.66. The van der Waals surface area contributed by atoms with Crippen LogP contribution in [-0.4, -0.2) is 90.7 Å². The van der Waals surface area contributed by atoms with E-state index in [0.717, 1.165) is 69.9 Å². The highest BCUT2D eigenvalue weighted by Crippen LogP contribution is 2.42. The summed E-state index contributed by atoms with van der Waals surface area (Å²) in [6.07, 6.45) is 3.17. The Balaban J connectivity index is 1.09. The minimum Gasteiger partial charge on any atom is -0.494 e. The van der Waals surface area contributed by atoms with Gasteiger partial charge in [-0.1, -0.05) is 24.2 Å². The zero-order valence-electron chi connectivity index (χ0n) is 28.5. The molecular weight excluding hydrogens is 685 g/mol. The number of anilines is 5. The van der Waals surface area contributed by atoms with Crippen LogP contribution < -0.4 is 25.3 Å². The second kappa shape index (κ2) is 14.9. The minimum atomic E-state index is -4.59. The second-order valence-electron chi connectivity index (χ2n) is 13.4. The zero-order valence-corrected chi connectivity index (χ0v) is 29.2. The fourth-order valence-corrected chi connectivity index (χ4v) is 7.62. The number of hydrogen-bond donors (Lipinski definition) is 2. The number of piperazine rings is 1. The van der Waals surface area contributed by atoms with Crippen LogP contribution in [0.3, 0.4) is 0 Å². The van der Waals surface area contributed by atoms with E-state index in [4.69, 9.17) is 21.2 Å². The summed E-state index contributed by atoms with van der Waals surface area (Å²) >= 11 is 5.88. The SMILES string of the molecule is C=CC(=O)Nc1cc(Nc2cc(N3OCC[C@@H]3c3ccc(Cl)c(C(F)(F)F)c3)ncn2)c(OC)cc1N1CCC(N2CCN(C3CC3)CC2)CC1. The minimum absolute atomic E-state index is 0.289. The lowest BCUT2D eigenvalue weighted by atomic mass is 10.0. The number of carbonyl (C=O) groups is 1. The summed E-state index contributed by atoms with van der Waals surface area (Å²) in [4.78, 5) is 34.7. The second-order valence-corrected chi connectivity index (χ2v) is 13.8. The Hall–Kier alpha value is -4.11. The summed E-state index contributed by atoms with van der Waals surface area (Å²) in [5.41, 5.74) is 1.49. The van der Waals surface area contributed by atoms with Gasteiger partial charge in [0.2, 0.25) is 5.91 Å². The molecule has 1 aliphatic carbocycles. The molecule has 4 heterocycles. The number of benzene rings is 2. The summed E-state index contributed by atoms with van der Waals surface area (Å²) in [6.45, 7) is 10.1. The maximum atomic E-state index is 13.6. The molecule has 2 aromatic carbocycles. The van der Waals surface area contributed by atoms with Crippen LogP contribution >= 0.6 is 11.6 Å². The van der Waals surface area contributed by atoms with E-state index >= 15 is 0 Å². The molecule has 0 unspecified atom stereocenters. The summed E-state index contributed by atoms with van der Waals surface area (Å²) in [5.74, 6) is 0.937. The van der Waals surface area contributed by atoms with E-state index in [-0.39, 0.29) is 17.5 Å². The highest BCUT2D eigenvalue weighted by molar-refractivity contribution is 6.31. The largest absolute Gasteiger partial charge is 0.494 e. The number of hydroxylamine groups is 1. The maximum absolute atomic E-state index is 13.6. The molecule has 7 rings (SSSR count). The summed E-state index contributed by atoms with van der Waals surface area (Å²) in [6, 6.07) is 10.1. The van der Waals surface area contributed by atoms with Crippen molar-refractivity contribution >= 4 is 46.2 Å². The molecule has 272 valence electrons. The number of aromatic nitrogens is 2. The van der Waals surface area contributed by atoms with Crippen LogP contribution in [0.15, 0.2) is 55.4 Å². The predicted molar refractivity (Wildman–Crippen MR) is 191 cm³/mol. The third-order valence-electron chi connectivity index (χ3n) is 10.2. The number of nitrogens with zero attached hydrogens (tertiary/aromatic N) is 6. The molecule has 51 heavy (non-hydrogen) atoms. The lowest BCUT2D eigenvalue weighted by molar-refractivity contribution is -0.137. The third kappa shape index (κ3) is 7.88. The zero-order chi connectivity index (χ0) is 35.7. The molecular formula is C36H42ClF3N8O3. The number of halogens is 4. The van der Waals surface area contributed by atoms with Crippen LogP contribution in [0.25, 0.3) is 0 Å². The van der Waals surface area contributed by atoms with Crippen molar-refractivity contribution in [3.63, 3.8) is 0 Å². The Kier molecular flexibility index (Phi) is 10.3. The number of rotatable bonds is 10. The Morgan fingerprint density at radius 2 is 1.67 bits per heavy atom. The first-order chi connectivity index (χ1) is 24.6. The van der Waals surface area contributed by atoms with Gasteiger partial charge in [0, 0.05) is 69.9 Å². The average molecular weight is 727 g/mol. The molecule has 0 radical (unpaired) electrons. The Morgan fingerprint density at radius 3 is 2.31 bits per heavy atom. The molecule has 3 saturated heterocycles. The van der Waals surface area contributed by atoms with Crippen LogP contribution in [0.4, 0.5) is 41.9 Å². The van der Waals surface area contributed by atoms with Gasteiger partial charge in [-0.15, -0.1) is 0 Å². The normalized spacial score (nSPS) is 20.8. The topological polar surface area (TPSA) is 98.3 Å². The highest BCUT2D eigenvalue weighted by atomic mass is 35.5. The van der Waals surface area contributed by atoms with E-state index in [2.05, 4.69) is 41.9 Å². The molecule has 15 heteroatoms. The molecule has 1 saturated carbocycles. The van der Waals surface area contributed by atoms with E-state index in [1.165, 1.54) is 36.4 Å². The summed E-state index contributed by atoms with van der Waals surface area (Å²) in [5, 5.41) is 7.37. The van der Waals surface area contributed by atoms with Gasteiger partial charge in [-0.2, -0.15) is 13.2 Å². The van der Waals surface area contributed by atoms with Gasteiger partial charge in [0.1, 0.15) is 17.9 Å². The average Bonchev–Trinajstić information content (AvgIpc) is 3.87. The van der Waals surface area contributed by atoms with Crippen LogP contribution in [0.1, 0.15) is 49.3 Å². The smallest absolute Gasteiger partial charge is 0.417 e. The maximum Gasteiger partial charge on any atom is 0.417 e. The molecule has 4 fully saturated rings. The molecule has 0 bridgehead atoms.